The Bertz CT molecular complexity index is 858. The normalized spacial score (nSPS) is 11.0. The van der Waals surface area contributed by atoms with E-state index in [4.69, 9.17) is 9.47 Å². The molecule has 0 amide bonds. The molecule has 4 nitrogen and oxygen atoms in total. The van der Waals surface area contributed by atoms with E-state index in [9.17, 15) is 5.11 Å². The first-order chi connectivity index (χ1) is 11.8. The number of phenols is 1. The first kappa shape index (κ1) is 15.9. The molecule has 0 aliphatic rings. The van der Waals surface area contributed by atoms with E-state index in [1.807, 2.05) is 54.6 Å². The molecule has 0 saturated carbocycles. The molecule has 0 fully saturated rings. The predicted molar refractivity (Wildman–Crippen MR) is 96.6 cm³/mol. The molecular weight excluding hydrogens is 302 g/mol. The van der Waals surface area contributed by atoms with E-state index in [1.165, 1.54) is 0 Å². The van der Waals surface area contributed by atoms with Crippen LogP contribution in [0.15, 0.2) is 65.7 Å². The predicted octanol–water partition coefficient (Wildman–Crippen LogP) is 4.05. The van der Waals surface area contributed by atoms with Crippen molar-refractivity contribution in [1.82, 2.24) is 0 Å². The highest BCUT2D eigenvalue weighted by Gasteiger charge is 2.04. The second kappa shape index (κ2) is 7.51. The fourth-order valence-electron chi connectivity index (χ4n) is 2.52. The van der Waals surface area contributed by atoms with Gasteiger partial charge < -0.3 is 14.6 Å². The Hall–Kier alpha value is -3.01. The third kappa shape index (κ3) is 3.49. The summed E-state index contributed by atoms with van der Waals surface area (Å²) in [6.07, 6.45) is 1.70. The third-order valence-corrected chi connectivity index (χ3v) is 3.72. The molecule has 4 heteroatoms. The number of benzene rings is 3. The highest BCUT2D eigenvalue weighted by Crippen LogP contribution is 2.26. The number of para-hydroxylation sites is 2. The summed E-state index contributed by atoms with van der Waals surface area (Å²) in [5.74, 6) is 1.62. The molecule has 3 rings (SSSR count). The van der Waals surface area contributed by atoms with Gasteiger partial charge >= 0.3 is 0 Å². The van der Waals surface area contributed by atoms with Gasteiger partial charge in [-0.1, -0.05) is 42.5 Å². The highest BCUT2D eigenvalue weighted by atomic mass is 16.5. The van der Waals surface area contributed by atoms with Gasteiger partial charge in [-0.3, -0.25) is 4.99 Å². The number of hydrogen-bond donors (Lipinski definition) is 1. The van der Waals surface area contributed by atoms with Crippen LogP contribution in [0.3, 0.4) is 0 Å². The Balaban J connectivity index is 1.66. The van der Waals surface area contributed by atoms with E-state index >= 15 is 0 Å². The van der Waals surface area contributed by atoms with Crippen LogP contribution in [-0.2, 0) is 0 Å². The fourth-order valence-corrected chi connectivity index (χ4v) is 2.52. The molecule has 122 valence electrons. The van der Waals surface area contributed by atoms with Crippen molar-refractivity contribution in [2.75, 3.05) is 20.3 Å². The van der Waals surface area contributed by atoms with Crippen LogP contribution in [-0.4, -0.2) is 31.6 Å². The monoisotopic (exact) mass is 321 g/mol. The molecule has 0 radical (unpaired) electrons. The number of nitrogens with zero attached hydrogens (tertiary/aromatic N) is 1. The number of ether oxygens (including phenoxy) is 2. The smallest absolute Gasteiger partial charge is 0.161 e. The van der Waals surface area contributed by atoms with Gasteiger partial charge in [0.2, 0.25) is 0 Å². The van der Waals surface area contributed by atoms with Crippen molar-refractivity contribution in [3.05, 3.63) is 66.2 Å². The molecule has 0 bridgehead atoms. The molecule has 0 unspecified atom stereocenters. The standard InChI is InChI=1S/C20H19NO3/c1-23-19-8-4-5-9-20(19)24-13-12-21-14-17-16-7-3-2-6-15(16)10-11-18(17)22/h2-11,14,22H,12-13H2,1H3. The molecule has 3 aromatic carbocycles. The summed E-state index contributed by atoms with van der Waals surface area (Å²) in [5, 5.41) is 12.1. The van der Waals surface area contributed by atoms with Crippen LogP contribution in [0.5, 0.6) is 17.2 Å². The van der Waals surface area contributed by atoms with Crippen molar-refractivity contribution < 1.29 is 14.6 Å². The summed E-state index contributed by atoms with van der Waals surface area (Å²) < 4.78 is 10.9. The van der Waals surface area contributed by atoms with Crippen LogP contribution < -0.4 is 9.47 Å². The van der Waals surface area contributed by atoms with Gasteiger partial charge in [0.05, 0.1) is 13.7 Å². The molecule has 24 heavy (non-hydrogen) atoms. The minimum atomic E-state index is 0.225. The van der Waals surface area contributed by atoms with Crippen molar-refractivity contribution in [3.63, 3.8) is 0 Å². The minimum absolute atomic E-state index is 0.225. The molecule has 0 aliphatic carbocycles. The zero-order valence-corrected chi connectivity index (χ0v) is 13.5. The lowest BCUT2D eigenvalue weighted by Crippen LogP contribution is -2.02. The molecule has 0 heterocycles. The molecule has 1 N–H and O–H groups in total. The molecule has 0 atom stereocenters. The van der Waals surface area contributed by atoms with Crippen LogP contribution in [0.25, 0.3) is 10.8 Å². The van der Waals surface area contributed by atoms with Gasteiger partial charge in [-0.25, -0.2) is 0 Å². The van der Waals surface area contributed by atoms with E-state index in [-0.39, 0.29) is 5.75 Å². The first-order valence-electron chi connectivity index (χ1n) is 7.76. The number of methoxy groups -OCH3 is 1. The molecule has 3 aromatic rings. The SMILES string of the molecule is COc1ccccc1OCCN=Cc1c(O)ccc2ccccc12. The summed E-state index contributed by atoms with van der Waals surface area (Å²) in [5.41, 5.74) is 0.727. The van der Waals surface area contributed by atoms with Gasteiger partial charge in [0, 0.05) is 11.8 Å². The summed E-state index contributed by atoms with van der Waals surface area (Å²) in [4.78, 5) is 4.37. The number of fused-ring (bicyclic) bond motifs is 1. The van der Waals surface area contributed by atoms with Crippen molar-refractivity contribution in [2.24, 2.45) is 4.99 Å². The van der Waals surface area contributed by atoms with E-state index < -0.39 is 0 Å². The summed E-state index contributed by atoms with van der Waals surface area (Å²) in [6, 6.07) is 19.0. The van der Waals surface area contributed by atoms with Crippen LogP contribution in [0.2, 0.25) is 0 Å². The molecule has 0 aromatic heterocycles. The number of aliphatic imine (C=N–C) groups is 1. The van der Waals surface area contributed by atoms with Gasteiger partial charge in [0.15, 0.2) is 11.5 Å². The second-order valence-electron chi connectivity index (χ2n) is 5.25. The fraction of sp³-hybridized carbons (Fsp3) is 0.150. The van der Waals surface area contributed by atoms with Crippen molar-refractivity contribution in [3.8, 4) is 17.2 Å². The highest BCUT2D eigenvalue weighted by molar-refractivity contribution is 6.02. The van der Waals surface area contributed by atoms with Crippen LogP contribution in [0.1, 0.15) is 5.56 Å². The topological polar surface area (TPSA) is 51.0 Å². The van der Waals surface area contributed by atoms with E-state index in [1.54, 1.807) is 19.4 Å². The quantitative estimate of drug-likeness (QED) is 0.550. The van der Waals surface area contributed by atoms with Gasteiger partial charge in [-0.2, -0.15) is 0 Å². The van der Waals surface area contributed by atoms with Gasteiger partial charge in [-0.15, -0.1) is 0 Å². The summed E-state index contributed by atoms with van der Waals surface area (Å²) in [6.45, 7) is 0.920. The molecular formula is C20H19NO3. The van der Waals surface area contributed by atoms with Crippen LogP contribution in [0.4, 0.5) is 0 Å². The largest absolute Gasteiger partial charge is 0.507 e. The van der Waals surface area contributed by atoms with Gasteiger partial charge in [-0.05, 0) is 29.0 Å². The minimum Gasteiger partial charge on any atom is -0.507 e. The van der Waals surface area contributed by atoms with Crippen molar-refractivity contribution in [2.45, 2.75) is 0 Å². The second-order valence-corrected chi connectivity index (χ2v) is 5.25. The number of hydrogen-bond acceptors (Lipinski definition) is 4. The zero-order valence-electron chi connectivity index (χ0n) is 13.5. The lowest BCUT2D eigenvalue weighted by molar-refractivity contribution is 0.303. The van der Waals surface area contributed by atoms with Crippen LogP contribution >= 0.6 is 0 Å². The van der Waals surface area contributed by atoms with Crippen molar-refractivity contribution >= 4 is 17.0 Å². The average Bonchev–Trinajstić information content (AvgIpc) is 2.63. The van der Waals surface area contributed by atoms with Gasteiger partial charge in [0.25, 0.3) is 0 Å². The molecule has 0 spiro atoms. The zero-order chi connectivity index (χ0) is 16.8. The van der Waals surface area contributed by atoms with Crippen LogP contribution in [0, 0.1) is 0 Å². The lowest BCUT2D eigenvalue weighted by atomic mass is 10.0. The summed E-state index contributed by atoms with van der Waals surface area (Å²) >= 11 is 0. The summed E-state index contributed by atoms with van der Waals surface area (Å²) in [7, 11) is 1.61. The lowest BCUT2D eigenvalue weighted by Gasteiger charge is -2.09. The average molecular weight is 321 g/mol. The van der Waals surface area contributed by atoms with Gasteiger partial charge in [0.1, 0.15) is 12.4 Å². The number of phenolic OH excluding ortho intramolecular Hbond substituents is 1. The Kier molecular flexibility index (Phi) is 4.96. The molecule has 0 saturated heterocycles. The number of rotatable bonds is 6. The van der Waals surface area contributed by atoms with E-state index in [0.29, 0.717) is 24.7 Å². The maximum atomic E-state index is 10.1. The Morgan fingerprint density at radius 2 is 1.71 bits per heavy atom. The van der Waals surface area contributed by atoms with E-state index in [2.05, 4.69) is 4.99 Å². The first-order valence-corrected chi connectivity index (χ1v) is 7.76. The Labute approximate surface area is 141 Å². The third-order valence-electron chi connectivity index (χ3n) is 3.72. The van der Waals surface area contributed by atoms with E-state index in [0.717, 1.165) is 16.3 Å². The maximum absolute atomic E-state index is 10.1. The molecule has 0 aliphatic heterocycles. The number of aromatic hydroxyl groups is 1. The Morgan fingerprint density at radius 3 is 2.54 bits per heavy atom. The van der Waals surface area contributed by atoms with Crippen molar-refractivity contribution in [1.29, 1.82) is 0 Å². The maximum Gasteiger partial charge on any atom is 0.161 e. The Morgan fingerprint density at radius 1 is 0.958 bits per heavy atom.